The van der Waals surface area contributed by atoms with Crippen molar-refractivity contribution in [1.29, 1.82) is 0 Å². The zero-order chi connectivity index (χ0) is 46.2. The smallest absolute Gasteiger partial charge is 0.301 e. The lowest BCUT2D eigenvalue weighted by molar-refractivity contribution is -0.138. The van der Waals surface area contributed by atoms with Gasteiger partial charge in [0.1, 0.15) is 23.3 Å². The van der Waals surface area contributed by atoms with Crippen LogP contribution in [0.2, 0.25) is 0 Å². The van der Waals surface area contributed by atoms with Gasteiger partial charge in [-0.1, -0.05) is 6.92 Å². The number of imide groups is 1. The Morgan fingerprint density at radius 2 is 1.63 bits per heavy atom. The minimum absolute atomic E-state index is 0.0785. The molecule has 3 saturated heterocycles. The summed E-state index contributed by atoms with van der Waals surface area (Å²) in [5.74, 6) is -4.64. The summed E-state index contributed by atoms with van der Waals surface area (Å²) in [6.45, 7) is 3.91. The van der Waals surface area contributed by atoms with Crippen LogP contribution in [0.3, 0.4) is 0 Å². The molecule has 0 unspecified atom stereocenters. The zero-order valence-corrected chi connectivity index (χ0v) is 36.2. The first kappa shape index (κ1) is 44.9. The summed E-state index contributed by atoms with van der Waals surface area (Å²) in [6, 6.07) is 7.25. The van der Waals surface area contributed by atoms with Gasteiger partial charge in [0, 0.05) is 112 Å². The lowest BCUT2D eigenvalue weighted by atomic mass is 9.87. The predicted molar refractivity (Wildman–Crippen MR) is 234 cm³/mol. The van der Waals surface area contributed by atoms with Crippen LogP contribution in [-0.2, 0) is 24.6 Å². The van der Waals surface area contributed by atoms with Gasteiger partial charge in [-0.3, -0.25) is 29.2 Å². The highest BCUT2D eigenvalue weighted by atomic mass is 32.2. The Balaban J connectivity index is 0.851. The molecule has 8 rings (SSSR count). The molecule has 0 saturated carbocycles. The number of rotatable bonds is 13. The first-order chi connectivity index (χ1) is 31.0. The van der Waals surface area contributed by atoms with Crippen LogP contribution in [0.15, 0.2) is 61.2 Å². The molecule has 0 radical (unpaired) electrons. The number of amides is 3. The molecule has 0 spiro atoms. The van der Waals surface area contributed by atoms with Crippen molar-refractivity contribution in [3.63, 3.8) is 0 Å². The largest absolute Gasteiger partial charge is 0.389 e. The molecule has 3 aromatic heterocycles. The number of nitrogens with zero attached hydrogens (tertiary/aromatic N) is 7. The molecule has 6 heterocycles. The van der Waals surface area contributed by atoms with Crippen LogP contribution in [0.1, 0.15) is 54.9 Å². The summed E-state index contributed by atoms with van der Waals surface area (Å²) in [5.41, 5.74) is -0.826. The summed E-state index contributed by atoms with van der Waals surface area (Å²) < 4.78 is 73.9. The number of aromatic nitrogens is 4. The molecular weight excluding hydrogens is 872 g/mol. The summed E-state index contributed by atoms with van der Waals surface area (Å²) in [7, 11) is -2.89. The highest BCUT2D eigenvalue weighted by Crippen LogP contribution is 2.33. The van der Waals surface area contributed by atoms with E-state index in [1.165, 1.54) is 25.5 Å². The molecule has 5 N–H and O–H groups in total. The summed E-state index contributed by atoms with van der Waals surface area (Å²) in [6.07, 6.45) is 6.88. The second-order valence-corrected chi connectivity index (χ2v) is 18.1. The van der Waals surface area contributed by atoms with E-state index in [1.54, 1.807) is 42.4 Å². The van der Waals surface area contributed by atoms with Crippen molar-refractivity contribution in [2.24, 2.45) is 0 Å². The first-order valence-electron chi connectivity index (χ1n) is 21.0. The van der Waals surface area contributed by atoms with Gasteiger partial charge < -0.3 is 30.1 Å². The van der Waals surface area contributed by atoms with Gasteiger partial charge in [0.2, 0.25) is 29.5 Å². The molecule has 3 aliphatic heterocycles. The van der Waals surface area contributed by atoms with Crippen LogP contribution in [0.25, 0.3) is 22.2 Å². The lowest BCUT2D eigenvalue weighted by Crippen LogP contribution is -2.52. The number of nitrogens with one attached hydrogen (secondary N) is 4. The van der Waals surface area contributed by atoms with Gasteiger partial charge in [-0.25, -0.2) is 28.1 Å². The Labute approximate surface area is 371 Å². The minimum atomic E-state index is -4.17. The molecule has 2 aromatic carbocycles. The molecule has 5 aromatic rings. The van der Waals surface area contributed by atoms with Crippen LogP contribution in [0.4, 0.5) is 36.2 Å². The number of aliphatic hydroxyl groups is 1. The molecule has 1 atom stereocenters. The predicted octanol–water partition coefficient (Wildman–Crippen LogP) is 3.56. The van der Waals surface area contributed by atoms with Crippen LogP contribution in [0.5, 0.6) is 0 Å². The number of H-pyrrole nitrogens is 1. The van der Waals surface area contributed by atoms with Gasteiger partial charge in [-0.05, 0) is 55.7 Å². The molecular formula is C43H46F3N11O7S. The second kappa shape index (κ2) is 18.1. The van der Waals surface area contributed by atoms with E-state index >= 15 is 13.2 Å². The average Bonchev–Trinajstić information content (AvgIpc) is 3.72. The van der Waals surface area contributed by atoms with Crippen LogP contribution < -0.4 is 25.2 Å². The number of ketones is 1. The van der Waals surface area contributed by atoms with E-state index in [4.69, 9.17) is 0 Å². The van der Waals surface area contributed by atoms with Crippen molar-refractivity contribution in [3.05, 3.63) is 89.8 Å². The van der Waals surface area contributed by atoms with E-state index in [2.05, 4.69) is 35.3 Å². The maximum absolute atomic E-state index is 15.6. The second-order valence-electron chi connectivity index (χ2n) is 16.3. The fourth-order valence-corrected chi connectivity index (χ4v) is 9.05. The number of anilines is 4. The first-order valence-corrected chi connectivity index (χ1v) is 22.4. The quantitative estimate of drug-likeness (QED) is 0.0843. The number of carbonyl (C=O) groups excluding carboxylic acids is 4. The highest BCUT2D eigenvalue weighted by Gasteiger charge is 2.37. The SMILES string of the molecule is CCN(C)S(=O)(=O)Nc1ccc(F)c(C(=O)c2c[nH]c3ncc(-c4cnc(N5CCN(C(=O)CC6(O)CCN(c7ccc(N[C@@H]8CCC(=O)NC8=O)cc7F)CC6)CC5)nc4)cc23)c1F. The maximum Gasteiger partial charge on any atom is 0.301 e. The van der Waals surface area contributed by atoms with E-state index in [-0.39, 0.29) is 60.6 Å². The van der Waals surface area contributed by atoms with E-state index in [1.807, 2.05) is 9.80 Å². The number of hydrogen-bond donors (Lipinski definition) is 5. The number of piperazine rings is 1. The third-order valence-corrected chi connectivity index (χ3v) is 13.7. The van der Waals surface area contributed by atoms with Crippen molar-refractivity contribution in [3.8, 4) is 11.1 Å². The minimum Gasteiger partial charge on any atom is -0.389 e. The topological polar surface area (TPSA) is 226 Å². The number of carbonyl (C=O) groups is 4. The Hall–Kier alpha value is -6.65. The van der Waals surface area contributed by atoms with Gasteiger partial charge >= 0.3 is 10.2 Å². The van der Waals surface area contributed by atoms with Crippen LogP contribution >= 0.6 is 0 Å². The molecule has 342 valence electrons. The number of fused-ring (bicyclic) bond motifs is 1. The van der Waals surface area contributed by atoms with Crippen molar-refractivity contribution >= 4 is 67.8 Å². The molecule has 22 heteroatoms. The molecule has 0 aliphatic carbocycles. The van der Waals surface area contributed by atoms with E-state index < -0.39 is 62.2 Å². The normalized spacial score (nSPS) is 18.0. The van der Waals surface area contributed by atoms with Gasteiger partial charge in [0.05, 0.1) is 29.0 Å². The molecule has 3 amide bonds. The fourth-order valence-electron chi connectivity index (χ4n) is 8.12. The molecule has 3 fully saturated rings. The molecule has 18 nitrogen and oxygen atoms in total. The average molecular weight is 918 g/mol. The molecule has 65 heavy (non-hydrogen) atoms. The number of pyridine rings is 1. The van der Waals surface area contributed by atoms with Gasteiger partial charge in [0.15, 0.2) is 5.82 Å². The summed E-state index contributed by atoms with van der Waals surface area (Å²) >= 11 is 0. The van der Waals surface area contributed by atoms with Crippen molar-refractivity contribution < 1.29 is 45.9 Å². The number of hydrogen-bond acceptors (Lipinski definition) is 13. The lowest BCUT2D eigenvalue weighted by Gasteiger charge is -2.41. The van der Waals surface area contributed by atoms with Crippen LogP contribution in [-0.4, -0.2) is 131 Å². The third kappa shape index (κ3) is 9.45. The number of piperidine rings is 2. The van der Waals surface area contributed by atoms with Gasteiger partial charge in [-0.2, -0.15) is 12.7 Å². The Kier molecular flexibility index (Phi) is 12.5. The maximum atomic E-state index is 15.6. The summed E-state index contributed by atoms with van der Waals surface area (Å²) in [5, 5.41) is 16.9. The molecule has 3 aliphatic rings. The van der Waals surface area contributed by atoms with E-state index in [0.29, 0.717) is 74.1 Å². The standard InChI is InChI=1S/C43H46F3N11O7S/c1-3-54(2)65(63,64)53-32-6-5-30(44)37(38(32)46)39(60)29-24-48-40-28(29)18-25(21-47-40)26-22-49-42(50-23-26)57-16-14-56(15-17-57)36(59)20-43(62)10-12-55(13-11-43)34-8-4-27(19-31(34)45)51-33-7-9-35(58)52-41(33)61/h4-6,8,18-19,21-24,33,51,53,62H,3,7,9-17,20H2,1-2H3,(H,47,48)(H,52,58,61)/t33-/m1/s1. The van der Waals surface area contributed by atoms with E-state index in [9.17, 15) is 32.7 Å². The Bertz CT molecular complexity index is 2780. The zero-order valence-electron chi connectivity index (χ0n) is 35.4. The number of benzene rings is 2. The highest BCUT2D eigenvalue weighted by molar-refractivity contribution is 7.90. The van der Waals surface area contributed by atoms with Gasteiger partial charge in [0.25, 0.3) is 0 Å². The number of halogens is 3. The fraction of sp³-hybridized carbons (Fsp3) is 0.372. The van der Waals surface area contributed by atoms with Gasteiger partial charge in [-0.15, -0.1) is 0 Å². The Morgan fingerprint density at radius 1 is 0.923 bits per heavy atom. The number of aromatic amines is 1. The Morgan fingerprint density at radius 3 is 2.31 bits per heavy atom. The summed E-state index contributed by atoms with van der Waals surface area (Å²) in [4.78, 5) is 72.3. The molecule has 0 bridgehead atoms. The van der Waals surface area contributed by atoms with Crippen molar-refractivity contribution in [1.82, 2.24) is 34.5 Å². The monoisotopic (exact) mass is 917 g/mol. The van der Waals surface area contributed by atoms with Crippen molar-refractivity contribution in [2.45, 2.75) is 50.7 Å². The van der Waals surface area contributed by atoms with Crippen molar-refractivity contribution in [2.75, 3.05) is 72.7 Å². The van der Waals surface area contributed by atoms with E-state index in [0.717, 1.165) is 16.4 Å². The van der Waals surface area contributed by atoms with Crippen LogP contribution in [0, 0.1) is 17.5 Å². The third-order valence-electron chi connectivity index (χ3n) is 12.1.